The summed E-state index contributed by atoms with van der Waals surface area (Å²) in [6, 6.07) is 17.0. The average Bonchev–Trinajstić information content (AvgIpc) is 4.24. The minimum absolute atomic E-state index is 0.0145. The topological polar surface area (TPSA) is 194 Å². The predicted molar refractivity (Wildman–Crippen MR) is 232 cm³/mol. The van der Waals surface area contributed by atoms with Crippen molar-refractivity contribution in [2.24, 2.45) is 11.5 Å². The summed E-state index contributed by atoms with van der Waals surface area (Å²) in [5, 5.41) is 5.90. The molecule has 0 aliphatic heterocycles. The Morgan fingerprint density at radius 3 is 1.93 bits per heavy atom. The van der Waals surface area contributed by atoms with Crippen molar-refractivity contribution < 1.29 is 44.7 Å². The fourth-order valence-corrected chi connectivity index (χ4v) is 7.62. The van der Waals surface area contributed by atoms with Crippen molar-refractivity contribution in [3.05, 3.63) is 154 Å². The predicted octanol–water partition coefficient (Wildman–Crippen LogP) is 7.38. The Kier molecular flexibility index (Phi) is 13.4. The monoisotopic (exact) mass is 946 g/mol. The Morgan fingerprint density at radius 1 is 0.632 bits per heavy atom. The minimum atomic E-state index is -4.78. The summed E-state index contributed by atoms with van der Waals surface area (Å²) in [5.74, 6) is -4.33. The number of alkyl halides is 6. The molecule has 68 heavy (non-hydrogen) atoms. The number of rotatable bonds is 19. The maximum Gasteiger partial charge on any atom is 0.433 e. The van der Waals surface area contributed by atoms with Crippen LogP contribution in [0.4, 0.5) is 58.4 Å². The van der Waals surface area contributed by atoms with Crippen LogP contribution in [0.15, 0.2) is 91.4 Å². The Labute approximate surface area is 383 Å². The van der Waals surface area contributed by atoms with Gasteiger partial charge in [0, 0.05) is 37.3 Å². The van der Waals surface area contributed by atoms with E-state index in [4.69, 9.17) is 16.5 Å². The van der Waals surface area contributed by atoms with E-state index in [0.717, 1.165) is 24.5 Å². The number of anilines is 4. The van der Waals surface area contributed by atoms with Crippen molar-refractivity contribution in [1.29, 1.82) is 0 Å². The molecule has 0 bridgehead atoms. The van der Waals surface area contributed by atoms with Gasteiger partial charge in [0.05, 0.1) is 42.9 Å². The lowest BCUT2D eigenvalue weighted by Gasteiger charge is -2.27. The second-order valence-corrected chi connectivity index (χ2v) is 16.5. The van der Waals surface area contributed by atoms with E-state index in [0.29, 0.717) is 40.8 Å². The smallest absolute Gasteiger partial charge is 0.369 e. The van der Waals surface area contributed by atoms with E-state index in [1.807, 2.05) is 0 Å². The van der Waals surface area contributed by atoms with Crippen LogP contribution in [0, 0.1) is 11.6 Å². The molecule has 2 aliphatic carbocycles. The van der Waals surface area contributed by atoms with Gasteiger partial charge in [-0.1, -0.05) is 48.5 Å². The first-order chi connectivity index (χ1) is 32.4. The van der Waals surface area contributed by atoms with Crippen molar-refractivity contribution >= 4 is 35.1 Å². The number of nitrogens with one attached hydrogen (secondary N) is 2. The molecule has 354 valence electrons. The number of carbonyl (C=O) groups excluding carboxylic acids is 2. The van der Waals surface area contributed by atoms with Crippen LogP contribution >= 0.6 is 0 Å². The molecular weight excluding hydrogens is 905 g/mol. The fraction of sp³-hybridized carbons (Fsp3) is 0.304. The summed E-state index contributed by atoms with van der Waals surface area (Å²) in [7, 11) is 0. The maximum absolute atomic E-state index is 16.9. The molecule has 2 atom stereocenters. The molecule has 22 heteroatoms. The van der Waals surface area contributed by atoms with Crippen LogP contribution in [0.25, 0.3) is 0 Å². The van der Waals surface area contributed by atoms with Gasteiger partial charge in [0.15, 0.2) is 23.3 Å². The number of nitrogens with two attached hydrogens (primary N) is 2. The Hall–Kier alpha value is -7.52. The maximum atomic E-state index is 16.9. The van der Waals surface area contributed by atoms with Crippen LogP contribution in [-0.4, -0.2) is 53.8 Å². The molecule has 0 spiro atoms. The third-order valence-electron chi connectivity index (χ3n) is 11.3. The first-order valence-electron chi connectivity index (χ1n) is 21.3. The second kappa shape index (κ2) is 19.4. The van der Waals surface area contributed by atoms with Crippen molar-refractivity contribution in [2.45, 2.75) is 88.6 Å². The summed E-state index contributed by atoms with van der Waals surface area (Å²) in [6.45, 7) is -0.338. The van der Waals surface area contributed by atoms with Gasteiger partial charge in [-0.2, -0.15) is 35.1 Å². The largest absolute Gasteiger partial charge is 0.433 e. The normalized spacial score (nSPS) is 15.7. The molecule has 0 radical (unpaired) electrons. The number of benzene rings is 2. The van der Waals surface area contributed by atoms with Crippen LogP contribution in [0.2, 0.25) is 0 Å². The van der Waals surface area contributed by atoms with E-state index in [2.05, 4.69) is 35.6 Å². The number of aromatic nitrogens is 6. The Bertz CT molecular complexity index is 2770. The summed E-state index contributed by atoms with van der Waals surface area (Å²) >= 11 is 0. The highest BCUT2D eigenvalue weighted by molar-refractivity contribution is 5.77. The molecule has 2 amide bonds. The van der Waals surface area contributed by atoms with Crippen molar-refractivity contribution in [2.75, 3.05) is 20.4 Å². The van der Waals surface area contributed by atoms with Gasteiger partial charge in [-0.3, -0.25) is 14.6 Å². The Balaban J connectivity index is 1.13. The lowest BCUT2D eigenvalue weighted by atomic mass is 10.1. The highest BCUT2D eigenvalue weighted by atomic mass is 19.4. The molecule has 2 fully saturated rings. The van der Waals surface area contributed by atoms with Crippen LogP contribution in [0.5, 0.6) is 0 Å². The molecule has 14 nitrogen and oxygen atoms in total. The second-order valence-electron chi connectivity index (χ2n) is 16.5. The summed E-state index contributed by atoms with van der Waals surface area (Å²) in [6.07, 6.45) is -5.33. The van der Waals surface area contributed by atoms with E-state index in [1.165, 1.54) is 35.4 Å². The Morgan fingerprint density at radius 2 is 1.28 bits per heavy atom. The average molecular weight is 947 g/mol. The highest BCUT2D eigenvalue weighted by Crippen LogP contribution is 2.48. The molecule has 4 heterocycles. The van der Waals surface area contributed by atoms with Crippen LogP contribution in [0.1, 0.15) is 75.9 Å². The first-order valence-corrected chi connectivity index (χ1v) is 21.3. The van der Waals surface area contributed by atoms with Crippen molar-refractivity contribution in [1.82, 2.24) is 29.9 Å². The molecule has 2 unspecified atom stereocenters. The van der Waals surface area contributed by atoms with Gasteiger partial charge in [-0.25, -0.2) is 24.9 Å². The zero-order valence-electron chi connectivity index (χ0n) is 35.8. The first kappa shape index (κ1) is 47.0. The van der Waals surface area contributed by atoms with Gasteiger partial charge >= 0.3 is 12.4 Å². The molecule has 6 N–H and O–H groups in total. The van der Waals surface area contributed by atoms with Crippen molar-refractivity contribution in [3.63, 3.8) is 0 Å². The molecule has 6 aromatic rings. The fourth-order valence-electron chi connectivity index (χ4n) is 7.62. The number of primary amides is 2. The number of halogens is 8. The molecular formula is C46H42F8N12O2. The highest BCUT2D eigenvalue weighted by Gasteiger charge is 2.48. The van der Waals surface area contributed by atoms with Gasteiger partial charge in [-0.05, 0) is 71.8 Å². The summed E-state index contributed by atoms with van der Waals surface area (Å²) < 4.78 is 115. The lowest BCUT2D eigenvalue weighted by Crippen LogP contribution is -2.30. The van der Waals surface area contributed by atoms with Crippen LogP contribution < -0.4 is 31.9 Å². The van der Waals surface area contributed by atoms with E-state index in [9.17, 15) is 35.9 Å². The molecule has 0 saturated heterocycles. The number of pyridine rings is 2. The van der Waals surface area contributed by atoms with Gasteiger partial charge in [0.1, 0.15) is 17.8 Å². The number of carbonyl (C=O) groups is 2. The number of hydrogen-bond acceptors (Lipinski definition) is 12. The van der Waals surface area contributed by atoms with Gasteiger partial charge in [-0.15, -0.1) is 0 Å². The van der Waals surface area contributed by atoms with E-state index >= 15 is 8.78 Å². The number of hydrogen-bond donors (Lipinski definition) is 4. The molecule has 2 aliphatic rings. The van der Waals surface area contributed by atoms with E-state index in [-0.39, 0.29) is 86.3 Å². The molecule has 2 saturated carbocycles. The lowest BCUT2D eigenvalue weighted by molar-refractivity contribution is -0.141. The zero-order valence-corrected chi connectivity index (χ0v) is 35.8. The van der Waals surface area contributed by atoms with Crippen LogP contribution in [0.3, 0.4) is 0 Å². The van der Waals surface area contributed by atoms with Gasteiger partial charge in [0.25, 0.3) is 0 Å². The number of amides is 2. The SMILES string of the molecule is NC(=O)Cc1ccc(CNc2ncnc(N(Cc3cccc(C(F)(F)F)n3)C3CC3c3nc(NCc4ccc(CC(N)=O)cn4)c(F)c(N(Cc4ccc(C(F)(F)F)cc4)C4CC4)n3)c2F)cc1. The molecule has 4 aromatic heterocycles. The quantitative estimate of drug-likeness (QED) is 0.0590. The minimum Gasteiger partial charge on any atom is -0.369 e. The summed E-state index contributed by atoms with van der Waals surface area (Å²) in [5.41, 5.74) is 11.4. The van der Waals surface area contributed by atoms with Crippen molar-refractivity contribution in [3.8, 4) is 0 Å². The standard InChI is InChI=1S/C46H42F8N12O2/c47-38-41(58-19-26-6-4-25(5-7-26)16-36(55)67)60-24-61-43(38)66(23-31-2-1-3-35(62-31)46(52,53)54)34-18-33(34)40-63-42(59-21-30-13-10-28(20-57-30)17-37(56)68)39(48)44(64-40)65(32-14-15-32)22-27-8-11-29(12-9-27)45(49,50)51/h1-13,20,24,32-34H,14-19,21-23H2,(H2,55,67)(H2,56,68)(H,58,60,61)(H,59,63,64). The van der Waals surface area contributed by atoms with Gasteiger partial charge in [0.2, 0.25) is 23.4 Å². The summed E-state index contributed by atoms with van der Waals surface area (Å²) in [4.78, 5) is 51.6. The zero-order chi connectivity index (χ0) is 48.3. The van der Waals surface area contributed by atoms with E-state index in [1.54, 1.807) is 41.3 Å². The third-order valence-corrected chi connectivity index (χ3v) is 11.3. The molecule has 8 rings (SSSR count). The molecule has 2 aromatic carbocycles. The van der Waals surface area contributed by atoms with E-state index < -0.39 is 59.0 Å². The number of nitrogens with zero attached hydrogens (tertiary/aromatic N) is 8. The van der Waals surface area contributed by atoms with Crippen LogP contribution in [-0.2, 0) is 61.0 Å². The van der Waals surface area contributed by atoms with Gasteiger partial charge < -0.3 is 31.9 Å². The third kappa shape index (κ3) is 11.5.